The standard InChI is InChI=1S/C21H18ClF4N3O2S2/c1-21(2,3)31-20(30)29(19-9-32-10-28-19)33-18-5-12(22)17(7-16(18)26)27-8-11-4-14(24)15(25)6-13(11)23/h4-7,9-10,27H,8H2,1-3H3. The molecular weight excluding hydrogens is 502 g/mol. The molecule has 3 aromatic rings. The lowest BCUT2D eigenvalue weighted by Crippen LogP contribution is -2.32. The minimum absolute atomic E-state index is 0.00316. The first-order valence-electron chi connectivity index (χ1n) is 9.40. The SMILES string of the molecule is CC(C)(C)OC(=O)N(Sc1cc(Cl)c(NCc2cc(F)c(F)cc2F)cc1F)c1cscn1. The van der Waals surface area contributed by atoms with Gasteiger partial charge in [0, 0.05) is 35.5 Å². The van der Waals surface area contributed by atoms with E-state index in [1.807, 2.05) is 0 Å². The molecule has 176 valence electrons. The van der Waals surface area contributed by atoms with E-state index in [2.05, 4.69) is 10.3 Å². The molecule has 0 unspecified atom stereocenters. The van der Waals surface area contributed by atoms with Gasteiger partial charge in [0.1, 0.15) is 17.2 Å². The molecule has 12 heteroatoms. The normalized spacial score (nSPS) is 11.4. The Morgan fingerprint density at radius 3 is 2.45 bits per heavy atom. The summed E-state index contributed by atoms with van der Waals surface area (Å²) in [7, 11) is 0. The zero-order valence-electron chi connectivity index (χ0n) is 17.6. The predicted octanol–water partition coefficient (Wildman–Crippen LogP) is 7.41. The van der Waals surface area contributed by atoms with Gasteiger partial charge < -0.3 is 10.1 Å². The first-order valence-corrected chi connectivity index (χ1v) is 11.5. The van der Waals surface area contributed by atoms with E-state index in [1.165, 1.54) is 22.9 Å². The average molecular weight is 520 g/mol. The summed E-state index contributed by atoms with van der Waals surface area (Å²) in [5, 5.41) is 4.35. The van der Waals surface area contributed by atoms with E-state index in [4.69, 9.17) is 16.3 Å². The number of carbonyl (C=O) groups excluding carboxylic acids is 1. The number of amides is 1. The molecule has 0 spiro atoms. The van der Waals surface area contributed by atoms with Gasteiger partial charge in [-0.1, -0.05) is 11.6 Å². The summed E-state index contributed by atoms with van der Waals surface area (Å²) in [5.41, 5.74) is 0.662. The molecule has 0 aliphatic carbocycles. The fourth-order valence-electron chi connectivity index (χ4n) is 2.51. The van der Waals surface area contributed by atoms with Gasteiger partial charge in [0.15, 0.2) is 17.5 Å². The summed E-state index contributed by atoms with van der Waals surface area (Å²) in [6, 6.07) is 3.46. The van der Waals surface area contributed by atoms with E-state index in [1.54, 1.807) is 26.2 Å². The Balaban J connectivity index is 1.81. The number of rotatable bonds is 6. The largest absolute Gasteiger partial charge is 0.443 e. The molecule has 0 radical (unpaired) electrons. The average Bonchev–Trinajstić information content (AvgIpc) is 3.23. The molecule has 1 heterocycles. The zero-order valence-corrected chi connectivity index (χ0v) is 20.0. The van der Waals surface area contributed by atoms with Crippen LogP contribution in [-0.2, 0) is 11.3 Å². The van der Waals surface area contributed by atoms with Crippen LogP contribution in [-0.4, -0.2) is 16.7 Å². The summed E-state index contributed by atoms with van der Waals surface area (Å²) in [6.45, 7) is 4.82. The Kier molecular flexibility index (Phi) is 7.76. The van der Waals surface area contributed by atoms with Crippen LogP contribution in [0.1, 0.15) is 26.3 Å². The first kappa shape index (κ1) is 25.1. The molecule has 2 aromatic carbocycles. The topological polar surface area (TPSA) is 54.5 Å². The van der Waals surface area contributed by atoms with Crippen molar-refractivity contribution in [1.29, 1.82) is 0 Å². The summed E-state index contributed by atoms with van der Waals surface area (Å²) < 4.78 is 61.6. The van der Waals surface area contributed by atoms with Gasteiger partial charge >= 0.3 is 6.09 Å². The molecule has 3 rings (SSSR count). The number of aromatic nitrogens is 1. The Bertz CT molecular complexity index is 1160. The molecular formula is C21H18ClF4N3O2S2. The van der Waals surface area contributed by atoms with Crippen molar-refractivity contribution in [3.05, 3.63) is 69.0 Å². The summed E-state index contributed by atoms with van der Waals surface area (Å²) in [5.74, 6) is -3.95. The Labute approximate surface area is 200 Å². The smallest absolute Gasteiger partial charge is 0.426 e. The second kappa shape index (κ2) is 10.2. The highest BCUT2D eigenvalue weighted by Gasteiger charge is 2.27. The highest BCUT2D eigenvalue weighted by atomic mass is 35.5. The molecule has 1 amide bonds. The van der Waals surface area contributed by atoms with Gasteiger partial charge in [-0.05, 0) is 39.0 Å². The highest BCUT2D eigenvalue weighted by molar-refractivity contribution is 8.01. The molecule has 0 saturated heterocycles. The molecule has 0 fully saturated rings. The lowest BCUT2D eigenvalue weighted by molar-refractivity contribution is 0.0611. The molecule has 33 heavy (non-hydrogen) atoms. The number of nitrogens with zero attached hydrogens (tertiary/aromatic N) is 2. The van der Waals surface area contributed by atoms with Crippen molar-refractivity contribution in [3.8, 4) is 0 Å². The van der Waals surface area contributed by atoms with Crippen molar-refractivity contribution in [3.63, 3.8) is 0 Å². The van der Waals surface area contributed by atoms with Crippen LogP contribution < -0.4 is 9.62 Å². The number of nitrogens with one attached hydrogen (secondary N) is 1. The molecule has 0 saturated carbocycles. The monoisotopic (exact) mass is 519 g/mol. The van der Waals surface area contributed by atoms with Crippen LogP contribution >= 0.6 is 34.9 Å². The van der Waals surface area contributed by atoms with Crippen molar-refractivity contribution in [2.24, 2.45) is 0 Å². The van der Waals surface area contributed by atoms with E-state index in [9.17, 15) is 22.4 Å². The number of carbonyl (C=O) groups is 1. The van der Waals surface area contributed by atoms with E-state index in [0.29, 0.717) is 12.1 Å². The number of halogens is 5. The molecule has 0 aliphatic heterocycles. The number of hydrogen-bond donors (Lipinski definition) is 1. The predicted molar refractivity (Wildman–Crippen MR) is 122 cm³/mol. The van der Waals surface area contributed by atoms with Gasteiger partial charge in [-0.15, -0.1) is 11.3 Å². The van der Waals surface area contributed by atoms with Crippen LogP contribution in [0.25, 0.3) is 0 Å². The van der Waals surface area contributed by atoms with Crippen molar-refractivity contribution in [2.45, 2.75) is 37.8 Å². The second-order valence-electron chi connectivity index (χ2n) is 7.69. The van der Waals surface area contributed by atoms with Crippen LogP contribution in [0.5, 0.6) is 0 Å². The van der Waals surface area contributed by atoms with Gasteiger partial charge in [0.2, 0.25) is 0 Å². The Morgan fingerprint density at radius 2 is 1.82 bits per heavy atom. The van der Waals surface area contributed by atoms with E-state index >= 15 is 0 Å². The third kappa shape index (κ3) is 6.52. The first-order chi connectivity index (χ1) is 15.4. The van der Waals surface area contributed by atoms with Crippen LogP contribution in [0.4, 0.5) is 33.9 Å². The van der Waals surface area contributed by atoms with Crippen molar-refractivity contribution in [2.75, 3.05) is 9.62 Å². The maximum atomic E-state index is 14.9. The molecule has 0 aliphatic rings. The Morgan fingerprint density at radius 1 is 1.12 bits per heavy atom. The molecule has 1 aromatic heterocycles. The third-order valence-corrected chi connectivity index (χ3v) is 5.87. The lowest BCUT2D eigenvalue weighted by atomic mass is 10.2. The highest BCUT2D eigenvalue weighted by Crippen LogP contribution is 2.36. The summed E-state index contributed by atoms with van der Waals surface area (Å²) >= 11 is 8.22. The van der Waals surface area contributed by atoms with Crippen LogP contribution in [0.3, 0.4) is 0 Å². The minimum Gasteiger partial charge on any atom is -0.443 e. The maximum Gasteiger partial charge on any atom is 0.426 e. The lowest BCUT2D eigenvalue weighted by Gasteiger charge is -2.25. The summed E-state index contributed by atoms with van der Waals surface area (Å²) in [4.78, 5) is 16.7. The fourth-order valence-corrected chi connectivity index (χ4v) is 4.21. The van der Waals surface area contributed by atoms with Gasteiger partial charge in [0.25, 0.3) is 0 Å². The van der Waals surface area contributed by atoms with Crippen molar-refractivity contribution in [1.82, 2.24) is 4.98 Å². The van der Waals surface area contributed by atoms with E-state index in [0.717, 1.165) is 22.3 Å². The molecule has 1 N–H and O–H groups in total. The molecule has 5 nitrogen and oxygen atoms in total. The zero-order chi connectivity index (χ0) is 24.3. The van der Waals surface area contributed by atoms with Gasteiger partial charge in [-0.25, -0.2) is 27.3 Å². The van der Waals surface area contributed by atoms with Crippen molar-refractivity contribution >= 4 is 52.5 Å². The summed E-state index contributed by atoms with van der Waals surface area (Å²) in [6.07, 6.45) is -0.745. The maximum absolute atomic E-state index is 14.9. The van der Waals surface area contributed by atoms with Gasteiger partial charge in [-0.2, -0.15) is 4.31 Å². The van der Waals surface area contributed by atoms with E-state index in [-0.39, 0.29) is 33.5 Å². The number of ether oxygens (including phenoxy) is 1. The van der Waals surface area contributed by atoms with Crippen LogP contribution in [0, 0.1) is 23.3 Å². The van der Waals surface area contributed by atoms with Crippen LogP contribution in [0.15, 0.2) is 40.1 Å². The third-order valence-electron chi connectivity index (χ3n) is 3.96. The second-order valence-corrected chi connectivity index (χ2v) is 9.80. The number of benzene rings is 2. The number of thiazole rings is 1. The molecule has 0 bridgehead atoms. The van der Waals surface area contributed by atoms with E-state index < -0.39 is 35.0 Å². The fraction of sp³-hybridized carbons (Fsp3) is 0.238. The van der Waals surface area contributed by atoms with Crippen LogP contribution in [0.2, 0.25) is 5.02 Å². The Hall–Kier alpha value is -2.50. The number of hydrogen-bond acceptors (Lipinski definition) is 6. The quantitative estimate of drug-likeness (QED) is 0.209. The molecule has 0 atom stereocenters. The number of anilines is 2. The van der Waals surface area contributed by atoms with Gasteiger partial charge in [-0.3, -0.25) is 0 Å². The van der Waals surface area contributed by atoms with Crippen molar-refractivity contribution < 1.29 is 27.1 Å². The minimum atomic E-state index is -1.31. The van der Waals surface area contributed by atoms with Gasteiger partial charge in [0.05, 0.1) is 21.1 Å².